The molecule has 42 heavy (non-hydrogen) atoms. The van der Waals surface area contributed by atoms with E-state index in [1.165, 1.54) is 10.6 Å². The lowest BCUT2D eigenvalue weighted by atomic mass is 10.2. The fourth-order valence-electron chi connectivity index (χ4n) is 5.49. The van der Waals surface area contributed by atoms with Gasteiger partial charge in [0, 0.05) is 64.2 Å². The van der Waals surface area contributed by atoms with Crippen LogP contribution in [0.15, 0.2) is 41.3 Å². The first kappa shape index (κ1) is 26.9. The molecule has 0 unspecified atom stereocenters. The van der Waals surface area contributed by atoms with Gasteiger partial charge < -0.3 is 28.9 Å². The largest absolute Gasteiger partial charge is 0.616 e. The van der Waals surface area contributed by atoms with Crippen LogP contribution in [-0.2, 0) is 17.7 Å². The Morgan fingerprint density at radius 2 is 1.86 bits per heavy atom. The molecule has 2 aliphatic heterocycles. The average molecular weight is 598 g/mol. The van der Waals surface area contributed by atoms with Crippen molar-refractivity contribution in [3.63, 3.8) is 0 Å². The smallest absolute Gasteiger partial charge is 0.225 e. The van der Waals surface area contributed by atoms with Crippen molar-refractivity contribution < 1.29 is 22.5 Å². The standard InChI is InChI=1S/C27H29F2N9O3S/c28-18-14-19(29)22(41-17-3-12-42(39)13-4-17)15-20(18)36-8-5-35(6-9-36)7-10-37-16-31-23-25(37)33-27(30)38-26(23)32-24(34-38)21-2-1-11-40-21/h1-2,11,14-17H,3-10,12-13H2,(H2,30,33)/t17-,42-. The summed E-state index contributed by atoms with van der Waals surface area (Å²) in [6.45, 7) is 3.90. The summed E-state index contributed by atoms with van der Waals surface area (Å²) in [5, 5.41) is 4.41. The van der Waals surface area contributed by atoms with E-state index in [0.717, 1.165) is 12.6 Å². The van der Waals surface area contributed by atoms with Crippen molar-refractivity contribution in [1.82, 2.24) is 34.0 Å². The second kappa shape index (κ2) is 11.0. The molecule has 0 aliphatic carbocycles. The third kappa shape index (κ3) is 5.12. The zero-order valence-electron chi connectivity index (χ0n) is 22.7. The molecule has 12 nitrogen and oxygen atoms in total. The predicted octanol–water partition coefficient (Wildman–Crippen LogP) is 2.71. The summed E-state index contributed by atoms with van der Waals surface area (Å²) in [5.41, 5.74) is 8.23. The highest BCUT2D eigenvalue weighted by Crippen LogP contribution is 2.31. The molecular formula is C27H29F2N9O3S. The SMILES string of the molecule is Nc1nc2c(ncn2CCN2CCN(c3cc(O[C@H]4CC[S@+]([O-])CC4)c(F)cc3F)CC2)c2nc(-c3ccco3)nn12. The van der Waals surface area contributed by atoms with E-state index in [1.807, 2.05) is 9.47 Å². The van der Waals surface area contributed by atoms with E-state index in [-0.39, 0.29) is 17.8 Å². The zero-order valence-corrected chi connectivity index (χ0v) is 23.5. The number of nitrogens with zero attached hydrogens (tertiary/aromatic N) is 8. The Morgan fingerprint density at radius 3 is 2.62 bits per heavy atom. The Morgan fingerprint density at radius 1 is 1.05 bits per heavy atom. The number of imidazole rings is 1. The van der Waals surface area contributed by atoms with E-state index < -0.39 is 22.8 Å². The predicted molar refractivity (Wildman–Crippen MR) is 153 cm³/mol. The number of halogens is 2. The Bertz CT molecular complexity index is 1710. The van der Waals surface area contributed by atoms with Crippen molar-refractivity contribution >= 4 is 39.6 Å². The molecule has 1 aromatic carbocycles. The van der Waals surface area contributed by atoms with Crippen molar-refractivity contribution in [2.24, 2.45) is 0 Å². The van der Waals surface area contributed by atoms with Gasteiger partial charge in [-0.05, 0) is 12.1 Å². The van der Waals surface area contributed by atoms with Crippen molar-refractivity contribution in [2.45, 2.75) is 25.5 Å². The van der Waals surface area contributed by atoms with Crippen LogP contribution in [0.2, 0.25) is 0 Å². The van der Waals surface area contributed by atoms with Crippen molar-refractivity contribution in [3.8, 4) is 17.3 Å². The van der Waals surface area contributed by atoms with Crippen LogP contribution in [0.5, 0.6) is 5.75 Å². The van der Waals surface area contributed by atoms with Gasteiger partial charge >= 0.3 is 0 Å². The van der Waals surface area contributed by atoms with Gasteiger partial charge in [-0.15, -0.1) is 5.10 Å². The number of benzene rings is 1. The highest BCUT2D eigenvalue weighted by molar-refractivity contribution is 7.91. The summed E-state index contributed by atoms with van der Waals surface area (Å²) in [5.74, 6) is 0.917. The molecule has 0 radical (unpaired) electrons. The van der Waals surface area contributed by atoms with Gasteiger partial charge in [-0.2, -0.15) is 9.50 Å². The molecule has 2 N–H and O–H groups in total. The number of ether oxygens (including phenoxy) is 1. The van der Waals surface area contributed by atoms with E-state index in [0.29, 0.717) is 91.2 Å². The molecule has 5 aromatic rings. The number of rotatable bonds is 7. The van der Waals surface area contributed by atoms with Crippen LogP contribution in [0.1, 0.15) is 12.8 Å². The summed E-state index contributed by atoms with van der Waals surface area (Å²) in [6.07, 6.45) is 4.26. The van der Waals surface area contributed by atoms with Gasteiger partial charge in [0.15, 0.2) is 34.1 Å². The van der Waals surface area contributed by atoms with Crippen LogP contribution < -0.4 is 15.4 Å². The molecular weight excluding hydrogens is 568 g/mol. The summed E-state index contributed by atoms with van der Waals surface area (Å²) in [4.78, 5) is 17.8. The summed E-state index contributed by atoms with van der Waals surface area (Å²) < 4.78 is 55.6. The number of nitrogens with two attached hydrogens (primary N) is 1. The molecule has 0 bridgehead atoms. The van der Waals surface area contributed by atoms with Crippen LogP contribution in [0, 0.1) is 11.6 Å². The fraction of sp³-hybridized carbons (Fsp3) is 0.407. The van der Waals surface area contributed by atoms with Crippen molar-refractivity contribution in [1.29, 1.82) is 0 Å². The lowest BCUT2D eigenvalue weighted by Crippen LogP contribution is -2.47. The first-order valence-electron chi connectivity index (χ1n) is 13.8. The van der Waals surface area contributed by atoms with E-state index >= 15 is 0 Å². The molecule has 15 heteroatoms. The third-order valence-electron chi connectivity index (χ3n) is 7.81. The van der Waals surface area contributed by atoms with E-state index in [2.05, 4.69) is 25.0 Å². The molecule has 2 saturated heterocycles. The maximum atomic E-state index is 14.8. The van der Waals surface area contributed by atoms with E-state index in [4.69, 9.17) is 14.9 Å². The Labute approximate surface area is 242 Å². The van der Waals surface area contributed by atoms with Crippen LogP contribution >= 0.6 is 0 Å². The number of aromatic nitrogens is 6. The first-order chi connectivity index (χ1) is 20.4. The lowest BCUT2D eigenvalue weighted by Gasteiger charge is -2.36. The monoisotopic (exact) mass is 597 g/mol. The number of furan rings is 1. The van der Waals surface area contributed by atoms with Gasteiger partial charge in [0.1, 0.15) is 23.4 Å². The Balaban J connectivity index is 1.00. The fourth-order valence-corrected chi connectivity index (χ4v) is 6.74. The average Bonchev–Trinajstić information content (AvgIpc) is 3.75. The maximum absolute atomic E-state index is 14.8. The minimum Gasteiger partial charge on any atom is -0.616 e. The number of hydrogen-bond donors (Lipinski definition) is 1. The number of hydrogen-bond acceptors (Lipinski definition) is 10. The quantitative estimate of drug-likeness (QED) is 0.279. The van der Waals surface area contributed by atoms with E-state index in [9.17, 15) is 13.3 Å². The maximum Gasteiger partial charge on any atom is 0.225 e. The highest BCUT2D eigenvalue weighted by atomic mass is 32.2. The van der Waals surface area contributed by atoms with Gasteiger partial charge in [0.05, 0.1) is 18.3 Å². The zero-order chi connectivity index (χ0) is 28.8. The molecule has 2 aliphatic rings. The molecule has 0 spiro atoms. The number of nitrogen functional groups attached to an aromatic ring is 1. The normalized spacial score (nSPS) is 20.1. The second-order valence-electron chi connectivity index (χ2n) is 10.5. The van der Waals surface area contributed by atoms with Gasteiger partial charge in [0.25, 0.3) is 0 Å². The minimum atomic E-state index is -0.840. The molecule has 2 fully saturated rings. The van der Waals surface area contributed by atoms with Crippen LogP contribution in [0.25, 0.3) is 28.4 Å². The van der Waals surface area contributed by atoms with E-state index in [1.54, 1.807) is 24.7 Å². The first-order valence-corrected chi connectivity index (χ1v) is 15.3. The molecule has 7 rings (SSSR count). The van der Waals surface area contributed by atoms with Gasteiger partial charge in [-0.3, -0.25) is 4.90 Å². The summed E-state index contributed by atoms with van der Waals surface area (Å²) >= 11 is -0.840. The Hall–Kier alpha value is -3.95. The summed E-state index contributed by atoms with van der Waals surface area (Å²) in [7, 11) is 0. The highest BCUT2D eigenvalue weighted by Gasteiger charge is 2.27. The molecule has 0 saturated carbocycles. The molecule has 0 amide bonds. The summed E-state index contributed by atoms with van der Waals surface area (Å²) in [6, 6.07) is 5.89. The van der Waals surface area contributed by atoms with Crippen LogP contribution in [-0.4, -0.2) is 88.9 Å². The Kier molecular flexibility index (Phi) is 7.07. The number of anilines is 2. The number of fused-ring (bicyclic) bond motifs is 3. The van der Waals surface area contributed by atoms with Crippen molar-refractivity contribution in [3.05, 3.63) is 48.5 Å². The second-order valence-corrected chi connectivity index (χ2v) is 12.2. The molecule has 6 heterocycles. The lowest BCUT2D eigenvalue weighted by molar-refractivity contribution is 0.181. The minimum absolute atomic E-state index is 0.0448. The van der Waals surface area contributed by atoms with Crippen LogP contribution in [0.4, 0.5) is 20.4 Å². The van der Waals surface area contributed by atoms with Gasteiger partial charge in [-0.25, -0.2) is 18.7 Å². The molecule has 220 valence electrons. The van der Waals surface area contributed by atoms with Crippen LogP contribution in [0.3, 0.4) is 0 Å². The topological polar surface area (TPSA) is 139 Å². The van der Waals surface area contributed by atoms with Gasteiger partial charge in [0.2, 0.25) is 11.8 Å². The molecule has 0 atom stereocenters. The third-order valence-corrected chi connectivity index (χ3v) is 9.19. The van der Waals surface area contributed by atoms with Gasteiger partial charge in [-0.1, -0.05) is 11.2 Å². The molecule has 4 aromatic heterocycles. The van der Waals surface area contributed by atoms with Crippen molar-refractivity contribution in [2.75, 3.05) is 54.9 Å². The number of piperazine rings is 1.